The van der Waals surface area contributed by atoms with Gasteiger partial charge in [-0.25, -0.2) is 4.98 Å². The summed E-state index contributed by atoms with van der Waals surface area (Å²) in [6, 6.07) is 0. The Hall–Kier alpha value is -0.870. The molecule has 100 valence electrons. The van der Waals surface area contributed by atoms with Gasteiger partial charge in [0.15, 0.2) is 4.96 Å². The highest BCUT2D eigenvalue weighted by Crippen LogP contribution is 2.29. The molecule has 0 amide bonds. The second-order valence-corrected chi connectivity index (χ2v) is 7.06. The lowest BCUT2D eigenvalue weighted by Crippen LogP contribution is -2.24. The number of fused-ring (bicyclic) bond motifs is 1. The number of nitrogens with zero attached hydrogens (tertiary/aromatic N) is 2. The zero-order chi connectivity index (χ0) is 13.3. The van der Waals surface area contributed by atoms with Crippen LogP contribution in [0.4, 0.5) is 0 Å². The van der Waals surface area contributed by atoms with Crippen molar-refractivity contribution in [1.82, 2.24) is 9.38 Å². The largest absolute Gasteiger partial charge is 0.393 e. The second-order valence-electron chi connectivity index (χ2n) is 6.19. The standard InChI is InChI=1S/C14H22N2OS/c1-10(14(2,3)4)7-12(17)8-11-9-16-5-6-18-13(16)15-11/h5-6,9-10,12,17H,7-8H2,1-4H3. The van der Waals surface area contributed by atoms with Gasteiger partial charge in [0.1, 0.15) is 0 Å². The topological polar surface area (TPSA) is 37.5 Å². The van der Waals surface area contributed by atoms with Crippen molar-refractivity contribution in [3.05, 3.63) is 23.5 Å². The first kappa shape index (κ1) is 13.6. The summed E-state index contributed by atoms with van der Waals surface area (Å²) in [6.45, 7) is 8.86. The first-order valence-electron chi connectivity index (χ1n) is 6.45. The monoisotopic (exact) mass is 266 g/mol. The molecule has 18 heavy (non-hydrogen) atoms. The second kappa shape index (κ2) is 5.02. The predicted molar refractivity (Wildman–Crippen MR) is 76.0 cm³/mol. The van der Waals surface area contributed by atoms with Crippen molar-refractivity contribution < 1.29 is 5.11 Å². The molecule has 0 aliphatic carbocycles. The third-order valence-corrected chi connectivity index (χ3v) is 4.46. The van der Waals surface area contributed by atoms with E-state index in [0.717, 1.165) is 17.1 Å². The van der Waals surface area contributed by atoms with Crippen molar-refractivity contribution in [2.24, 2.45) is 11.3 Å². The van der Waals surface area contributed by atoms with E-state index in [9.17, 15) is 5.11 Å². The van der Waals surface area contributed by atoms with Crippen molar-refractivity contribution in [2.45, 2.75) is 46.6 Å². The average molecular weight is 266 g/mol. The Labute approximate surface area is 112 Å². The van der Waals surface area contributed by atoms with Crippen LogP contribution < -0.4 is 0 Å². The molecule has 0 radical (unpaired) electrons. The number of hydrogen-bond acceptors (Lipinski definition) is 3. The highest BCUT2D eigenvalue weighted by atomic mass is 32.1. The molecule has 0 spiro atoms. The number of rotatable bonds is 4. The molecule has 2 aromatic rings. The van der Waals surface area contributed by atoms with Gasteiger partial charge in [0.05, 0.1) is 11.8 Å². The number of thiazole rings is 1. The summed E-state index contributed by atoms with van der Waals surface area (Å²) < 4.78 is 2.01. The van der Waals surface area contributed by atoms with E-state index in [1.807, 2.05) is 22.2 Å². The van der Waals surface area contributed by atoms with Crippen LogP contribution in [0.15, 0.2) is 17.8 Å². The van der Waals surface area contributed by atoms with Crippen LogP contribution in [0, 0.1) is 11.3 Å². The Kier molecular flexibility index (Phi) is 3.78. The summed E-state index contributed by atoms with van der Waals surface area (Å²) in [5.74, 6) is 0.497. The molecule has 2 heterocycles. The van der Waals surface area contributed by atoms with Gasteiger partial charge >= 0.3 is 0 Å². The molecule has 3 nitrogen and oxygen atoms in total. The highest BCUT2D eigenvalue weighted by Gasteiger charge is 2.23. The molecule has 2 rings (SSSR count). The molecule has 0 saturated heterocycles. The van der Waals surface area contributed by atoms with Crippen molar-refractivity contribution in [2.75, 3.05) is 0 Å². The zero-order valence-electron chi connectivity index (χ0n) is 11.6. The summed E-state index contributed by atoms with van der Waals surface area (Å²) >= 11 is 1.62. The van der Waals surface area contributed by atoms with Crippen LogP contribution in [-0.2, 0) is 6.42 Å². The molecular weight excluding hydrogens is 244 g/mol. The van der Waals surface area contributed by atoms with E-state index in [0.29, 0.717) is 12.3 Å². The third kappa shape index (κ3) is 3.12. The van der Waals surface area contributed by atoms with Crippen LogP contribution in [0.2, 0.25) is 0 Å². The van der Waals surface area contributed by atoms with Crippen LogP contribution in [0.1, 0.15) is 39.8 Å². The first-order valence-corrected chi connectivity index (χ1v) is 7.33. The number of aliphatic hydroxyl groups excluding tert-OH is 1. The van der Waals surface area contributed by atoms with Crippen molar-refractivity contribution in [1.29, 1.82) is 0 Å². The zero-order valence-corrected chi connectivity index (χ0v) is 12.4. The van der Waals surface area contributed by atoms with Crippen molar-refractivity contribution in [3.63, 3.8) is 0 Å². The number of hydrogen-bond donors (Lipinski definition) is 1. The van der Waals surface area contributed by atoms with Crippen LogP contribution in [0.25, 0.3) is 4.96 Å². The van der Waals surface area contributed by atoms with Crippen molar-refractivity contribution in [3.8, 4) is 0 Å². The molecule has 0 bridgehead atoms. The maximum Gasteiger partial charge on any atom is 0.193 e. The van der Waals surface area contributed by atoms with Gasteiger partial charge in [-0.1, -0.05) is 27.7 Å². The molecule has 0 fully saturated rings. The van der Waals surface area contributed by atoms with E-state index in [1.54, 1.807) is 11.3 Å². The highest BCUT2D eigenvalue weighted by molar-refractivity contribution is 7.15. The fourth-order valence-electron chi connectivity index (χ4n) is 1.96. The quantitative estimate of drug-likeness (QED) is 0.921. The van der Waals surface area contributed by atoms with Crippen LogP contribution >= 0.6 is 11.3 Å². The van der Waals surface area contributed by atoms with Gasteiger partial charge in [0.25, 0.3) is 0 Å². The molecule has 0 saturated carbocycles. The minimum atomic E-state index is -0.302. The lowest BCUT2D eigenvalue weighted by Gasteiger charge is -2.28. The summed E-state index contributed by atoms with van der Waals surface area (Å²) in [4.78, 5) is 5.50. The maximum atomic E-state index is 10.2. The minimum Gasteiger partial charge on any atom is -0.393 e. The molecule has 4 heteroatoms. The Morgan fingerprint density at radius 1 is 1.44 bits per heavy atom. The summed E-state index contributed by atoms with van der Waals surface area (Å²) in [7, 11) is 0. The van der Waals surface area contributed by atoms with E-state index in [2.05, 4.69) is 32.7 Å². The molecule has 2 atom stereocenters. The molecule has 0 aliphatic rings. The smallest absolute Gasteiger partial charge is 0.193 e. The van der Waals surface area contributed by atoms with Gasteiger partial charge < -0.3 is 5.11 Å². The van der Waals surface area contributed by atoms with E-state index in [4.69, 9.17) is 0 Å². The Bertz CT molecular complexity index is 481. The van der Waals surface area contributed by atoms with E-state index in [1.165, 1.54) is 0 Å². The maximum absolute atomic E-state index is 10.2. The number of aliphatic hydroxyl groups is 1. The molecule has 1 N–H and O–H groups in total. The first-order chi connectivity index (χ1) is 8.36. The lowest BCUT2D eigenvalue weighted by atomic mass is 9.78. The summed E-state index contributed by atoms with van der Waals surface area (Å²) in [5, 5.41) is 12.2. The predicted octanol–water partition coefficient (Wildman–Crippen LogP) is 3.37. The molecular formula is C14H22N2OS. The van der Waals surface area contributed by atoms with E-state index < -0.39 is 0 Å². The van der Waals surface area contributed by atoms with Gasteiger partial charge in [-0.15, -0.1) is 11.3 Å². The SMILES string of the molecule is CC(CC(O)Cc1cn2ccsc2n1)C(C)(C)C. The fourth-order valence-corrected chi connectivity index (χ4v) is 2.68. The summed E-state index contributed by atoms with van der Waals surface area (Å²) in [5.41, 5.74) is 1.23. The van der Waals surface area contributed by atoms with Crippen LogP contribution in [-0.4, -0.2) is 20.6 Å². The van der Waals surface area contributed by atoms with Gasteiger partial charge in [0, 0.05) is 24.2 Å². The third-order valence-electron chi connectivity index (χ3n) is 3.69. The molecule has 2 aromatic heterocycles. The van der Waals surface area contributed by atoms with E-state index >= 15 is 0 Å². The Morgan fingerprint density at radius 2 is 2.17 bits per heavy atom. The molecule has 2 unspecified atom stereocenters. The van der Waals surface area contributed by atoms with Gasteiger partial charge in [-0.3, -0.25) is 4.40 Å². The van der Waals surface area contributed by atoms with Gasteiger partial charge in [-0.2, -0.15) is 0 Å². The average Bonchev–Trinajstić information content (AvgIpc) is 2.75. The molecule has 0 aliphatic heterocycles. The van der Waals surface area contributed by atoms with Crippen LogP contribution in [0.3, 0.4) is 0 Å². The molecule has 0 aromatic carbocycles. The van der Waals surface area contributed by atoms with Crippen molar-refractivity contribution >= 4 is 16.3 Å². The van der Waals surface area contributed by atoms with Gasteiger partial charge in [-0.05, 0) is 17.8 Å². The minimum absolute atomic E-state index is 0.246. The number of imidazole rings is 1. The van der Waals surface area contributed by atoms with Crippen LogP contribution in [0.5, 0.6) is 0 Å². The lowest BCUT2D eigenvalue weighted by molar-refractivity contribution is 0.109. The Balaban J connectivity index is 1.95. The van der Waals surface area contributed by atoms with Gasteiger partial charge in [0.2, 0.25) is 0 Å². The fraction of sp³-hybridized carbons (Fsp3) is 0.643. The van der Waals surface area contributed by atoms with E-state index in [-0.39, 0.29) is 11.5 Å². The summed E-state index contributed by atoms with van der Waals surface area (Å²) in [6.07, 6.45) is 5.19. The Morgan fingerprint density at radius 3 is 2.78 bits per heavy atom. The normalized spacial score (nSPS) is 16.1. The number of aromatic nitrogens is 2.